The van der Waals surface area contributed by atoms with Crippen molar-refractivity contribution in [3.05, 3.63) is 65.7 Å². The molecule has 2 aromatic rings. The van der Waals surface area contributed by atoms with Crippen LogP contribution in [-0.2, 0) is 6.54 Å². The summed E-state index contributed by atoms with van der Waals surface area (Å²) in [6.45, 7) is 2.95. The van der Waals surface area contributed by atoms with Crippen LogP contribution >= 0.6 is 0 Å². The van der Waals surface area contributed by atoms with Crippen molar-refractivity contribution in [2.24, 2.45) is 5.92 Å². The number of carbonyl (C=O) groups excluding carboxylic acids is 1. The highest BCUT2D eigenvalue weighted by Gasteiger charge is 2.25. The van der Waals surface area contributed by atoms with Gasteiger partial charge in [-0.1, -0.05) is 30.3 Å². The van der Waals surface area contributed by atoms with Gasteiger partial charge in [0.15, 0.2) is 5.78 Å². The van der Waals surface area contributed by atoms with Crippen molar-refractivity contribution in [2.75, 3.05) is 20.2 Å². The summed E-state index contributed by atoms with van der Waals surface area (Å²) in [6.07, 6.45) is 1.88. The maximum atomic E-state index is 12.6. The van der Waals surface area contributed by atoms with Gasteiger partial charge in [0.2, 0.25) is 0 Å². The molecule has 0 atom stereocenters. The molecular weight excluding hydrogens is 286 g/mol. The molecule has 0 amide bonds. The van der Waals surface area contributed by atoms with Crippen LogP contribution in [0.4, 0.5) is 0 Å². The Balaban J connectivity index is 1.54. The predicted octanol–water partition coefficient (Wildman–Crippen LogP) is 3.79. The van der Waals surface area contributed by atoms with Crippen LogP contribution in [0.25, 0.3) is 0 Å². The average Bonchev–Trinajstić information content (AvgIpc) is 2.63. The number of hydrogen-bond donors (Lipinski definition) is 0. The van der Waals surface area contributed by atoms with Crippen LogP contribution < -0.4 is 4.74 Å². The number of rotatable bonds is 5. The highest BCUT2D eigenvalue weighted by Crippen LogP contribution is 2.24. The van der Waals surface area contributed by atoms with E-state index in [0.29, 0.717) is 0 Å². The van der Waals surface area contributed by atoms with E-state index < -0.39 is 0 Å². The summed E-state index contributed by atoms with van der Waals surface area (Å²) in [7, 11) is 1.64. The smallest absolute Gasteiger partial charge is 0.166 e. The maximum absolute atomic E-state index is 12.6. The van der Waals surface area contributed by atoms with Gasteiger partial charge in [0.05, 0.1) is 7.11 Å². The summed E-state index contributed by atoms with van der Waals surface area (Å²) < 4.78 is 5.15. The summed E-state index contributed by atoms with van der Waals surface area (Å²) in [5.74, 6) is 1.21. The Labute approximate surface area is 137 Å². The highest BCUT2D eigenvalue weighted by molar-refractivity contribution is 5.98. The van der Waals surface area contributed by atoms with Gasteiger partial charge in [-0.2, -0.15) is 0 Å². The molecule has 2 aromatic carbocycles. The number of methoxy groups -OCH3 is 1. The first-order valence-electron chi connectivity index (χ1n) is 8.21. The number of Topliss-reactive ketones (excluding diaryl/α,β-unsaturated/α-hetero) is 1. The third-order valence-corrected chi connectivity index (χ3v) is 4.58. The molecule has 0 aromatic heterocycles. The van der Waals surface area contributed by atoms with Gasteiger partial charge in [-0.25, -0.2) is 0 Å². The third-order valence-electron chi connectivity index (χ3n) is 4.58. The number of nitrogens with zero attached hydrogens (tertiary/aromatic N) is 1. The molecular formula is C20H23NO2. The number of ketones is 1. The Hall–Kier alpha value is -2.13. The summed E-state index contributed by atoms with van der Waals surface area (Å²) in [6, 6.07) is 18.0. The Morgan fingerprint density at radius 1 is 1.04 bits per heavy atom. The molecule has 0 aliphatic carbocycles. The summed E-state index contributed by atoms with van der Waals surface area (Å²) in [5.41, 5.74) is 2.14. The van der Waals surface area contributed by atoms with Crippen molar-refractivity contribution in [2.45, 2.75) is 19.4 Å². The van der Waals surface area contributed by atoms with E-state index in [1.54, 1.807) is 7.11 Å². The minimum atomic E-state index is 0.149. The van der Waals surface area contributed by atoms with Crippen molar-refractivity contribution in [3.63, 3.8) is 0 Å². The van der Waals surface area contributed by atoms with Crippen LogP contribution in [-0.4, -0.2) is 30.9 Å². The standard InChI is InChI=1S/C20H23NO2/c1-23-19-9-7-17(8-10-19)20(22)18-11-13-21(14-12-18)15-16-5-3-2-4-6-16/h2-10,18H,11-15H2,1H3. The van der Waals surface area contributed by atoms with E-state index in [9.17, 15) is 4.79 Å². The molecule has 3 nitrogen and oxygen atoms in total. The summed E-state index contributed by atoms with van der Waals surface area (Å²) in [5, 5.41) is 0. The second-order valence-corrected chi connectivity index (χ2v) is 6.13. The minimum Gasteiger partial charge on any atom is -0.497 e. The van der Waals surface area contributed by atoms with E-state index >= 15 is 0 Å². The number of likely N-dealkylation sites (tertiary alicyclic amines) is 1. The lowest BCUT2D eigenvalue weighted by Crippen LogP contribution is -2.35. The Morgan fingerprint density at radius 3 is 2.30 bits per heavy atom. The number of carbonyl (C=O) groups is 1. The zero-order valence-corrected chi connectivity index (χ0v) is 13.6. The number of benzene rings is 2. The van der Waals surface area contributed by atoms with E-state index in [0.717, 1.165) is 43.8 Å². The molecule has 3 heteroatoms. The number of piperidine rings is 1. The van der Waals surface area contributed by atoms with Crippen molar-refractivity contribution in [3.8, 4) is 5.75 Å². The molecule has 0 N–H and O–H groups in total. The monoisotopic (exact) mass is 309 g/mol. The lowest BCUT2D eigenvalue weighted by molar-refractivity contribution is 0.0835. The fourth-order valence-electron chi connectivity index (χ4n) is 3.19. The summed E-state index contributed by atoms with van der Waals surface area (Å²) >= 11 is 0. The molecule has 1 saturated heterocycles. The first kappa shape index (κ1) is 15.8. The van der Waals surface area contributed by atoms with Crippen LogP contribution in [0.5, 0.6) is 5.75 Å². The van der Waals surface area contributed by atoms with Crippen molar-refractivity contribution < 1.29 is 9.53 Å². The molecule has 0 spiro atoms. The van der Waals surface area contributed by atoms with E-state index in [-0.39, 0.29) is 11.7 Å². The van der Waals surface area contributed by atoms with E-state index in [4.69, 9.17) is 4.74 Å². The Kier molecular flexibility index (Phi) is 5.09. The largest absolute Gasteiger partial charge is 0.497 e. The van der Waals surface area contributed by atoms with Crippen LogP contribution in [0.2, 0.25) is 0 Å². The molecule has 3 rings (SSSR count). The molecule has 0 unspecified atom stereocenters. The second kappa shape index (κ2) is 7.42. The van der Waals surface area contributed by atoms with Crippen molar-refractivity contribution in [1.29, 1.82) is 0 Å². The van der Waals surface area contributed by atoms with E-state index in [2.05, 4.69) is 29.2 Å². The van der Waals surface area contributed by atoms with E-state index in [1.165, 1.54) is 5.56 Å². The fraction of sp³-hybridized carbons (Fsp3) is 0.350. The number of hydrogen-bond acceptors (Lipinski definition) is 3. The van der Waals surface area contributed by atoms with Gasteiger partial charge in [0, 0.05) is 18.0 Å². The van der Waals surface area contributed by atoms with Crippen molar-refractivity contribution >= 4 is 5.78 Å². The molecule has 1 heterocycles. The second-order valence-electron chi connectivity index (χ2n) is 6.13. The van der Waals surface area contributed by atoms with Crippen LogP contribution in [0.1, 0.15) is 28.8 Å². The van der Waals surface area contributed by atoms with Crippen LogP contribution in [0, 0.1) is 5.92 Å². The molecule has 1 fully saturated rings. The van der Waals surface area contributed by atoms with Gasteiger partial charge >= 0.3 is 0 Å². The molecule has 23 heavy (non-hydrogen) atoms. The Morgan fingerprint density at radius 2 is 1.70 bits per heavy atom. The minimum absolute atomic E-state index is 0.149. The van der Waals surface area contributed by atoms with Crippen molar-refractivity contribution in [1.82, 2.24) is 4.90 Å². The van der Waals surface area contributed by atoms with E-state index in [1.807, 2.05) is 30.3 Å². The normalized spacial score (nSPS) is 16.2. The number of ether oxygens (including phenoxy) is 1. The van der Waals surface area contributed by atoms with Gasteiger partial charge in [0.1, 0.15) is 5.75 Å². The third kappa shape index (κ3) is 3.99. The molecule has 1 aliphatic rings. The van der Waals surface area contributed by atoms with Crippen LogP contribution in [0.3, 0.4) is 0 Å². The zero-order chi connectivity index (χ0) is 16.1. The topological polar surface area (TPSA) is 29.5 Å². The lowest BCUT2D eigenvalue weighted by Gasteiger charge is -2.31. The Bertz CT molecular complexity index is 628. The van der Waals surface area contributed by atoms with Crippen LogP contribution in [0.15, 0.2) is 54.6 Å². The van der Waals surface area contributed by atoms with Gasteiger partial charge in [-0.05, 0) is 55.8 Å². The van der Waals surface area contributed by atoms with Gasteiger partial charge in [0.25, 0.3) is 0 Å². The molecule has 0 saturated carbocycles. The quantitative estimate of drug-likeness (QED) is 0.787. The molecule has 1 aliphatic heterocycles. The fourth-order valence-corrected chi connectivity index (χ4v) is 3.19. The predicted molar refractivity (Wildman–Crippen MR) is 91.8 cm³/mol. The zero-order valence-electron chi connectivity index (χ0n) is 13.6. The molecule has 0 radical (unpaired) electrons. The maximum Gasteiger partial charge on any atom is 0.166 e. The molecule has 120 valence electrons. The molecule has 0 bridgehead atoms. The highest BCUT2D eigenvalue weighted by atomic mass is 16.5. The lowest BCUT2D eigenvalue weighted by atomic mass is 9.88. The first-order chi connectivity index (χ1) is 11.3. The van der Waals surface area contributed by atoms with Gasteiger partial charge in [-0.15, -0.1) is 0 Å². The average molecular weight is 309 g/mol. The summed E-state index contributed by atoms with van der Waals surface area (Å²) in [4.78, 5) is 15.0. The van der Waals surface area contributed by atoms with Gasteiger partial charge in [-0.3, -0.25) is 9.69 Å². The first-order valence-corrected chi connectivity index (χ1v) is 8.21. The van der Waals surface area contributed by atoms with Gasteiger partial charge < -0.3 is 4.74 Å². The SMILES string of the molecule is COc1ccc(C(=O)C2CCN(Cc3ccccc3)CC2)cc1.